The molecular weight excluding hydrogens is 411 g/mol. The van der Waals surface area contributed by atoms with E-state index in [0.717, 1.165) is 0 Å². The second kappa shape index (κ2) is 9.45. The first-order valence-electron chi connectivity index (χ1n) is 8.76. The van der Waals surface area contributed by atoms with Crippen LogP contribution in [0.1, 0.15) is 10.4 Å². The van der Waals surface area contributed by atoms with E-state index in [1.807, 2.05) is 30.3 Å². The Hall–Kier alpha value is -3.02. The van der Waals surface area contributed by atoms with Crippen LogP contribution in [0.2, 0.25) is 10.0 Å². The van der Waals surface area contributed by atoms with Crippen LogP contribution in [0.4, 0.5) is 5.69 Å². The first-order chi connectivity index (χ1) is 13.9. The van der Waals surface area contributed by atoms with Crippen molar-refractivity contribution in [3.8, 4) is 11.5 Å². The quantitative estimate of drug-likeness (QED) is 0.563. The molecule has 7 heteroatoms. The van der Waals surface area contributed by atoms with E-state index < -0.39 is 5.91 Å². The van der Waals surface area contributed by atoms with Gasteiger partial charge in [0, 0.05) is 12.6 Å². The SMILES string of the molecule is CN(CC(=O)Nc1c(Cl)cccc1Cl)C(=O)c1cccc(Oc2ccccc2)c1. The molecule has 29 heavy (non-hydrogen) atoms. The van der Waals surface area contributed by atoms with Crippen LogP contribution >= 0.6 is 23.2 Å². The molecule has 0 bridgehead atoms. The molecule has 0 radical (unpaired) electrons. The number of nitrogens with one attached hydrogen (secondary N) is 1. The fourth-order valence-corrected chi connectivity index (χ4v) is 3.11. The number of nitrogens with zero attached hydrogens (tertiary/aromatic N) is 1. The van der Waals surface area contributed by atoms with Crippen molar-refractivity contribution >= 4 is 40.7 Å². The molecule has 0 saturated carbocycles. The number of carbonyl (C=O) groups is 2. The molecular formula is C22H18Cl2N2O3. The Labute approximate surface area is 178 Å². The number of amides is 2. The van der Waals surface area contributed by atoms with Crippen molar-refractivity contribution in [2.45, 2.75) is 0 Å². The van der Waals surface area contributed by atoms with E-state index in [4.69, 9.17) is 27.9 Å². The highest BCUT2D eigenvalue weighted by Crippen LogP contribution is 2.29. The second-order valence-corrected chi connectivity index (χ2v) is 7.06. The van der Waals surface area contributed by atoms with Gasteiger partial charge < -0.3 is 15.0 Å². The first kappa shape index (κ1) is 20.7. The lowest BCUT2D eigenvalue weighted by Gasteiger charge is -2.18. The molecule has 5 nitrogen and oxygen atoms in total. The van der Waals surface area contributed by atoms with Crippen molar-refractivity contribution in [1.29, 1.82) is 0 Å². The fraction of sp³-hybridized carbons (Fsp3) is 0.0909. The molecule has 1 N–H and O–H groups in total. The highest BCUT2D eigenvalue weighted by atomic mass is 35.5. The molecule has 3 aromatic carbocycles. The van der Waals surface area contributed by atoms with Crippen LogP contribution in [0.25, 0.3) is 0 Å². The Bertz CT molecular complexity index is 1010. The van der Waals surface area contributed by atoms with E-state index in [9.17, 15) is 9.59 Å². The van der Waals surface area contributed by atoms with Gasteiger partial charge in [-0.25, -0.2) is 0 Å². The van der Waals surface area contributed by atoms with Crippen LogP contribution in [0.15, 0.2) is 72.8 Å². The lowest BCUT2D eigenvalue weighted by molar-refractivity contribution is -0.116. The highest BCUT2D eigenvalue weighted by Gasteiger charge is 2.17. The normalized spacial score (nSPS) is 10.3. The summed E-state index contributed by atoms with van der Waals surface area (Å²) >= 11 is 12.1. The van der Waals surface area contributed by atoms with Gasteiger partial charge in [0.05, 0.1) is 22.3 Å². The predicted molar refractivity (Wildman–Crippen MR) is 115 cm³/mol. The van der Waals surface area contributed by atoms with Crippen LogP contribution < -0.4 is 10.1 Å². The van der Waals surface area contributed by atoms with Crippen LogP contribution in [0.3, 0.4) is 0 Å². The van der Waals surface area contributed by atoms with Crippen molar-refractivity contribution in [3.05, 3.63) is 88.4 Å². The molecule has 0 unspecified atom stereocenters. The van der Waals surface area contributed by atoms with Crippen LogP contribution in [0, 0.1) is 0 Å². The summed E-state index contributed by atoms with van der Waals surface area (Å²) in [6.07, 6.45) is 0. The lowest BCUT2D eigenvalue weighted by atomic mass is 10.2. The number of hydrogen-bond donors (Lipinski definition) is 1. The maximum absolute atomic E-state index is 12.7. The Morgan fingerprint density at radius 1 is 0.897 bits per heavy atom. The van der Waals surface area contributed by atoms with Gasteiger partial charge in [-0.05, 0) is 42.5 Å². The Morgan fingerprint density at radius 2 is 1.52 bits per heavy atom. The summed E-state index contributed by atoms with van der Waals surface area (Å²) < 4.78 is 5.76. The van der Waals surface area contributed by atoms with E-state index in [1.165, 1.54) is 4.90 Å². The third-order valence-corrected chi connectivity index (χ3v) is 4.64. The number of carbonyl (C=O) groups excluding carboxylic acids is 2. The third-order valence-electron chi connectivity index (χ3n) is 4.01. The van der Waals surface area contributed by atoms with Crippen molar-refractivity contribution in [2.75, 3.05) is 18.9 Å². The van der Waals surface area contributed by atoms with Crippen molar-refractivity contribution < 1.29 is 14.3 Å². The Balaban J connectivity index is 1.65. The monoisotopic (exact) mass is 428 g/mol. The van der Waals surface area contributed by atoms with Gasteiger partial charge in [-0.15, -0.1) is 0 Å². The highest BCUT2D eigenvalue weighted by molar-refractivity contribution is 6.39. The number of halogens is 2. The summed E-state index contributed by atoms with van der Waals surface area (Å²) in [4.78, 5) is 26.3. The molecule has 3 aromatic rings. The number of benzene rings is 3. The minimum atomic E-state index is -0.410. The van der Waals surface area contributed by atoms with Gasteiger partial charge in [0.15, 0.2) is 0 Å². The summed E-state index contributed by atoms with van der Waals surface area (Å²) in [5.74, 6) is 0.473. The summed E-state index contributed by atoms with van der Waals surface area (Å²) in [5.41, 5.74) is 0.726. The number of para-hydroxylation sites is 2. The van der Waals surface area contributed by atoms with Crippen LogP contribution in [-0.4, -0.2) is 30.3 Å². The Kier molecular flexibility index (Phi) is 6.75. The molecule has 0 atom stereocenters. The smallest absolute Gasteiger partial charge is 0.254 e. The topological polar surface area (TPSA) is 58.6 Å². The van der Waals surface area contributed by atoms with E-state index in [0.29, 0.717) is 32.8 Å². The van der Waals surface area contributed by atoms with Crippen molar-refractivity contribution in [3.63, 3.8) is 0 Å². The summed E-state index contributed by atoms with van der Waals surface area (Å²) in [6, 6.07) is 21.0. The molecule has 0 fully saturated rings. The molecule has 0 aliphatic rings. The van der Waals surface area contributed by atoms with E-state index in [-0.39, 0.29) is 12.5 Å². The summed E-state index contributed by atoms with van der Waals surface area (Å²) in [5, 5.41) is 3.29. The zero-order chi connectivity index (χ0) is 20.8. The number of rotatable bonds is 6. The molecule has 0 heterocycles. The van der Waals surface area contributed by atoms with Crippen molar-refractivity contribution in [1.82, 2.24) is 4.90 Å². The second-order valence-electron chi connectivity index (χ2n) is 6.25. The maximum atomic E-state index is 12.7. The standard InChI is InChI=1S/C22H18Cl2N2O3/c1-26(14-20(27)25-21-18(23)11-6-12-19(21)24)22(28)15-7-5-10-17(13-15)29-16-8-3-2-4-9-16/h2-13H,14H2,1H3,(H,25,27). The van der Waals surface area contributed by atoms with Gasteiger partial charge >= 0.3 is 0 Å². The molecule has 0 aliphatic carbocycles. The minimum absolute atomic E-state index is 0.163. The van der Waals surface area contributed by atoms with E-state index in [1.54, 1.807) is 49.5 Å². The minimum Gasteiger partial charge on any atom is -0.457 e. The lowest BCUT2D eigenvalue weighted by Crippen LogP contribution is -2.35. The zero-order valence-electron chi connectivity index (χ0n) is 15.6. The van der Waals surface area contributed by atoms with Crippen LogP contribution in [0.5, 0.6) is 11.5 Å². The average Bonchev–Trinajstić information content (AvgIpc) is 2.71. The summed E-state index contributed by atoms with van der Waals surface area (Å²) in [7, 11) is 1.54. The van der Waals surface area contributed by atoms with Gasteiger partial charge in [0.25, 0.3) is 5.91 Å². The Morgan fingerprint density at radius 3 is 2.21 bits per heavy atom. The summed E-state index contributed by atoms with van der Waals surface area (Å²) in [6.45, 7) is -0.163. The van der Waals surface area contributed by atoms with Crippen LogP contribution in [-0.2, 0) is 4.79 Å². The number of anilines is 1. The van der Waals surface area contributed by atoms with Crippen molar-refractivity contribution in [2.24, 2.45) is 0 Å². The molecule has 0 saturated heterocycles. The number of hydrogen-bond acceptors (Lipinski definition) is 3. The molecule has 148 valence electrons. The molecule has 2 amide bonds. The van der Waals surface area contributed by atoms with Gasteiger partial charge in [0.1, 0.15) is 11.5 Å². The molecule has 0 aromatic heterocycles. The zero-order valence-corrected chi connectivity index (χ0v) is 17.1. The largest absolute Gasteiger partial charge is 0.457 e. The van der Waals surface area contributed by atoms with Gasteiger partial charge in [0.2, 0.25) is 5.91 Å². The predicted octanol–water partition coefficient (Wildman–Crippen LogP) is 5.50. The maximum Gasteiger partial charge on any atom is 0.254 e. The van der Waals surface area contributed by atoms with Gasteiger partial charge in [-0.3, -0.25) is 9.59 Å². The third kappa shape index (κ3) is 5.50. The fourth-order valence-electron chi connectivity index (χ4n) is 2.62. The molecule has 3 rings (SSSR count). The number of ether oxygens (including phenoxy) is 1. The number of likely N-dealkylation sites (N-methyl/N-ethyl adjacent to an activating group) is 1. The first-order valence-corrected chi connectivity index (χ1v) is 9.52. The van der Waals surface area contributed by atoms with E-state index >= 15 is 0 Å². The average molecular weight is 429 g/mol. The van der Waals surface area contributed by atoms with Gasteiger partial charge in [-0.2, -0.15) is 0 Å². The van der Waals surface area contributed by atoms with Gasteiger partial charge in [-0.1, -0.05) is 53.5 Å². The van der Waals surface area contributed by atoms with E-state index in [2.05, 4.69) is 5.32 Å². The molecule has 0 spiro atoms. The molecule has 0 aliphatic heterocycles.